The molecule has 0 heterocycles. The lowest BCUT2D eigenvalue weighted by Crippen LogP contribution is -2.13. The highest BCUT2D eigenvalue weighted by molar-refractivity contribution is 6.30. The Bertz CT molecular complexity index is 709. The van der Waals surface area contributed by atoms with E-state index < -0.39 is 40.3 Å². The van der Waals surface area contributed by atoms with Crippen molar-refractivity contribution in [2.45, 2.75) is 6.18 Å². The maximum Gasteiger partial charge on any atom is 0.419 e. The van der Waals surface area contributed by atoms with Crippen LogP contribution in [0.5, 0.6) is 0 Å². The second-order valence-corrected chi connectivity index (χ2v) is 4.55. The van der Waals surface area contributed by atoms with Crippen molar-refractivity contribution >= 4 is 17.4 Å². The third kappa shape index (κ3) is 3.05. The first-order valence-electron chi connectivity index (χ1n) is 5.57. The molecular formula is C14H6ClF5O. The molecule has 0 bridgehead atoms. The van der Waals surface area contributed by atoms with Crippen molar-refractivity contribution < 1.29 is 26.7 Å². The lowest BCUT2D eigenvalue weighted by Gasteiger charge is -2.11. The Hall–Kier alpha value is -1.95. The standard InChI is InChI=1S/C14H6ClF5O/c15-7-4-5-8(11(16)6-7)13(21)9-2-1-3-10(12(9)17)14(18,19)20/h1-6H. The topological polar surface area (TPSA) is 17.1 Å². The number of carbonyl (C=O) groups is 1. The van der Waals surface area contributed by atoms with Crippen LogP contribution in [0.2, 0.25) is 5.02 Å². The summed E-state index contributed by atoms with van der Waals surface area (Å²) in [6.07, 6.45) is -4.95. The molecule has 0 saturated carbocycles. The summed E-state index contributed by atoms with van der Waals surface area (Å²) in [6.45, 7) is 0. The Labute approximate surface area is 121 Å². The molecule has 0 fully saturated rings. The highest BCUT2D eigenvalue weighted by Crippen LogP contribution is 2.33. The predicted octanol–water partition coefficient (Wildman–Crippen LogP) is 4.87. The smallest absolute Gasteiger partial charge is 0.288 e. The molecule has 0 aliphatic heterocycles. The monoisotopic (exact) mass is 320 g/mol. The van der Waals surface area contributed by atoms with Crippen LogP contribution in [-0.2, 0) is 6.18 Å². The molecule has 1 nitrogen and oxygen atoms in total. The van der Waals surface area contributed by atoms with E-state index in [0.717, 1.165) is 24.3 Å². The van der Waals surface area contributed by atoms with Gasteiger partial charge in [0.25, 0.3) is 0 Å². The normalized spacial score (nSPS) is 11.5. The summed E-state index contributed by atoms with van der Waals surface area (Å²) >= 11 is 5.51. The Morgan fingerprint density at radius 2 is 1.67 bits per heavy atom. The first-order chi connectivity index (χ1) is 9.71. The zero-order valence-electron chi connectivity index (χ0n) is 10.1. The second kappa shape index (κ2) is 5.44. The minimum atomic E-state index is -4.95. The van der Waals surface area contributed by atoms with Crippen molar-refractivity contribution in [2.24, 2.45) is 0 Å². The number of hydrogen-bond acceptors (Lipinski definition) is 1. The maximum absolute atomic E-state index is 13.8. The van der Waals surface area contributed by atoms with Crippen LogP contribution in [0.25, 0.3) is 0 Å². The Morgan fingerprint density at radius 1 is 1.00 bits per heavy atom. The molecule has 2 rings (SSSR count). The molecule has 21 heavy (non-hydrogen) atoms. The summed E-state index contributed by atoms with van der Waals surface area (Å²) in [5, 5.41) is 0.00793. The molecule has 2 aromatic rings. The van der Waals surface area contributed by atoms with Gasteiger partial charge in [0.05, 0.1) is 16.7 Å². The number of alkyl halides is 3. The van der Waals surface area contributed by atoms with E-state index in [-0.39, 0.29) is 5.02 Å². The van der Waals surface area contributed by atoms with Crippen LogP contribution in [0.15, 0.2) is 36.4 Å². The van der Waals surface area contributed by atoms with Crippen LogP contribution in [0, 0.1) is 11.6 Å². The van der Waals surface area contributed by atoms with Gasteiger partial charge in [0.1, 0.15) is 11.6 Å². The zero-order valence-corrected chi connectivity index (χ0v) is 10.9. The molecule has 0 spiro atoms. The number of ketones is 1. The van der Waals surface area contributed by atoms with Crippen molar-refractivity contribution in [3.05, 3.63) is 69.7 Å². The molecule has 0 unspecified atom stereocenters. The molecule has 0 radical (unpaired) electrons. The summed E-state index contributed by atoms with van der Waals surface area (Å²) < 4.78 is 65.2. The summed E-state index contributed by atoms with van der Waals surface area (Å²) in [5.74, 6) is -3.96. The molecule has 2 aromatic carbocycles. The number of halogens is 6. The average Bonchev–Trinajstić information content (AvgIpc) is 2.37. The zero-order chi connectivity index (χ0) is 15.8. The van der Waals surface area contributed by atoms with Gasteiger partial charge >= 0.3 is 6.18 Å². The van der Waals surface area contributed by atoms with E-state index in [1.165, 1.54) is 6.07 Å². The predicted molar refractivity (Wildman–Crippen MR) is 66.2 cm³/mol. The van der Waals surface area contributed by atoms with Gasteiger partial charge in [-0.1, -0.05) is 17.7 Å². The largest absolute Gasteiger partial charge is 0.419 e. The Morgan fingerprint density at radius 3 is 2.24 bits per heavy atom. The van der Waals surface area contributed by atoms with Crippen LogP contribution in [-0.4, -0.2) is 5.78 Å². The minimum absolute atomic E-state index is 0.00793. The van der Waals surface area contributed by atoms with Crippen molar-refractivity contribution in [1.82, 2.24) is 0 Å². The molecule has 0 atom stereocenters. The van der Waals surface area contributed by atoms with Crippen LogP contribution >= 0.6 is 11.6 Å². The molecule has 0 amide bonds. The van der Waals surface area contributed by atoms with Gasteiger partial charge in [-0.05, 0) is 30.3 Å². The third-order valence-corrected chi connectivity index (χ3v) is 2.96. The molecule has 7 heteroatoms. The van der Waals surface area contributed by atoms with Crippen LogP contribution < -0.4 is 0 Å². The summed E-state index contributed by atoms with van der Waals surface area (Å²) in [6, 6.07) is 5.24. The molecule has 0 aromatic heterocycles. The third-order valence-electron chi connectivity index (χ3n) is 2.72. The van der Waals surface area contributed by atoms with Crippen molar-refractivity contribution in [3.8, 4) is 0 Å². The van der Waals surface area contributed by atoms with E-state index in [0.29, 0.717) is 6.07 Å². The van der Waals surface area contributed by atoms with Crippen molar-refractivity contribution in [3.63, 3.8) is 0 Å². The van der Waals surface area contributed by atoms with Crippen LogP contribution in [0.3, 0.4) is 0 Å². The SMILES string of the molecule is O=C(c1ccc(Cl)cc1F)c1cccc(C(F)(F)F)c1F. The number of hydrogen-bond donors (Lipinski definition) is 0. The van der Waals surface area contributed by atoms with Crippen molar-refractivity contribution in [1.29, 1.82) is 0 Å². The first-order valence-corrected chi connectivity index (χ1v) is 5.95. The van der Waals surface area contributed by atoms with E-state index in [9.17, 15) is 26.7 Å². The summed E-state index contributed by atoms with van der Waals surface area (Å²) in [4.78, 5) is 12.0. The van der Waals surface area contributed by atoms with Gasteiger partial charge < -0.3 is 0 Å². The summed E-state index contributed by atoms with van der Waals surface area (Å²) in [5.41, 5.74) is -2.99. The van der Waals surface area contributed by atoms with Gasteiger partial charge in [0.2, 0.25) is 0 Å². The quantitative estimate of drug-likeness (QED) is 0.570. The lowest BCUT2D eigenvalue weighted by molar-refractivity contribution is -0.140. The van der Waals surface area contributed by atoms with Gasteiger partial charge in [-0.2, -0.15) is 13.2 Å². The maximum atomic E-state index is 13.8. The van der Waals surface area contributed by atoms with Gasteiger partial charge in [-0.15, -0.1) is 0 Å². The van der Waals surface area contributed by atoms with E-state index in [4.69, 9.17) is 11.6 Å². The highest BCUT2D eigenvalue weighted by Gasteiger charge is 2.36. The van der Waals surface area contributed by atoms with Crippen LogP contribution in [0.1, 0.15) is 21.5 Å². The van der Waals surface area contributed by atoms with Gasteiger partial charge in [0, 0.05) is 5.02 Å². The van der Waals surface area contributed by atoms with Crippen LogP contribution in [0.4, 0.5) is 22.0 Å². The molecular weight excluding hydrogens is 315 g/mol. The highest BCUT2D eigenvalue weighted by atomic mass is 35.5. The number of rotatable bonds is 2. The van der Waals surface area contributed by atoms with E-state index in [2.05, 4.69) is 0 Å². The molecule has 0 aliphatic carbocycles. The molecule has 0 N–H and O–H groups in total. The molecule has 110 valence electrons. The number of benzene rings is 2. The minimum Gasteiger partial charge on any atom is -0.288 e. The molecule has 0 saturated heterocycles. The molecule has 0 aliphatic rings. The lowest BCUT2D eigenvalue weighted by atomic mass is 10.00. The van der Waals surface area contributed by atoms with Gasteiger partial charge in [-0.3, -0.25) is 4.79 Å². The fraction of sp³-hybridized carbons (Fsp3) is 0.0714. The van der Waals surface area contributed by atoms with Crippen molar-refractivity contribution in [2.75, 3.05) is 0 Å². The summed E-state index contributed by atoms with van der Waals surface area (Å²) in [7, 11) is 0. The second-order valence-electron chi connectivity index (χ2n) is 4.12. The first kappa shape index (κ1) is 15.4. The van der Waals surface area contributed by atoms with E-state index in [1.807, 2.05) is 0 Å². The van der Waals surface area contributed by atoms with E-state index in [1.54, 1.807) is 0 Å². The average molecular weight is 321 g/mol. The fourth-order valence-electron chi connectivity index (χ4n) is 1.74. The Kier molecular flexibility index (Phi) is 4.00. The van der Waals surface area contributed by atoms with Gasteiger partial charge in [-0.25, -0.2) is 8.78 Å². The van der Waals surface area contributed by atoms with E-state index >= 15 is 0 Å². The Balaban J connectivity index is 2.54. The van der Waals surface area contributed by atoms with Gasteiger partial charge in [0.15, 0.2) is 5.78 Å². The fourth-order valence-corrected chi connectivity index (χ4v) is 1.90. The number of carbonyl (C=O) groups excluding carboxylic acids is 1.